The molecule has 2 aliphatic heterocycles. The van der Waals surface area contributed by atoms with Crippen LogP contribution in [0.1, 0.15) is 12.7 Å². The van der Waals surface area contributed by atoms with E-state index in [1.807, 2.05) is 110 Å². The lowest BCUT2D eigenvalue weighted by atomic mass is 10.1. The number of benzene rings is 6. The number of aromatic nitrogens is 3. The molecule has 3 heterocycles. The van der Waals surface area contributed by atoms with Crippen LogP contribution in [0.25, 0.3) is 22.6 Å². The van der Waals surface area contributed by atoms with Gasteiger partial charge in [0.05, 0.1) is 22.7 Å². The fraction of sp³-hybridized carbons (Fsp3) is 0.0222. The minimum atomic E-state index is 0.729. The van der Waals surface area contributed by atoms with Gasteiger partial charge in [-0.15, -0.1) is 10.2 Å². The van der Waals surface area contributed by atoms with Gasteiger partial charge in [-0.05, 0) is 104 Å². The van der Waals surface area contributed by atoms with Crippen LogP contribution in [0.5, 0.6) is 23.0 Å². The number of hydrogen-bond donors (Lipinski definition) is 0. The van der Waals surface area contributed by atoms with Crippen molar-refractivity contribution in [3.05, 3.63) is 188 Å². The van der Waals surface area contributed by atoms with Crippen molar-refractivity contribution in [3.8, 4) is 40.1 Å². The molecule has 7 aromatic rings. The third-order valence-electron chi connectivity index (χ3n) is 9.08. The summed E-state index contributed by atoms with van der Waals surface area (Å²) in [6.07, 6.45) is 10.3. The van der Waals surface area contributed by atoms with Gasteiger partial charge in [-0.3, -0.25) is 4.57 Å². The Morgan fingerprint density at radius 1 is 0.538 bits per heavy atom. The van der Waals surface area contributed by atoms with E-state index in [4.69, 9.17) is 19.7 Å². The third kappa shape index (κ3) is 5.51. The third-order valence-corrected chi connectivity index (χ3v) is 9.08. The van der Waals surface area contributed by atoms with Gasteiger partial charge in [-0.2, -0.15) is 0 Å². The summed E-state index contributed by atoms with van der Waals surface area (Å²) >= 11 is 0. The molecule has 7 heteroatoms. The molecule has 0 unspecified atom stereocenters. The zero-order valence-corrected chi connectivity index (χ0v) is 28.4. The first-order chi connectivity index (χ1) is 25.8. The summed E-state index contributed by atoms with van der Waals surface area (Å²) in [6.45, 7) is 2.01. The Hall–Kier alpha value is -7.12. The van der Waals surface area contributed by atoms with E-state index in [2.05, 4.69) is 93.4 Å². The second kappa shape index (κ2) is 13.3. The van der Waals surface area contributed by atoms with Gasteiger partial charge >= 0.3 is 0 Å². The number of para-hydroxylation sites is 9. The molecule has 7 nitrogen and oxygen atoms in total. The quantitative estimate of drug-likeness (QED) is 0.157. The maximum Gasteiger partial charge on any atom is 0.168 e. The van der Waals surface area contributed by atoms with E-state index in [1.54, 1.807) is 0 Å². The molecule has 9 rings (SSSR count). The number of nitrogens with zero attached hydrogens (tertiary/aromatic N) is 5. The van der Waals surface area contributed by atoms with Crippen LogP contribution < -0.4 is 19.3 Å². The van der Waals surface area contributed by atoms with Gasteiger partial charge in [0.15, 0.2) is 34.6 Å². The minimum Gasteiger partial charge on any atom is -0.453 e. The number of anilines is 5. The van der Waals surface area contributed by atoms with Crippen LogP contribution in [0.3, 0.4) is 0 Å². The number of fused-ring (bicyclic) bond motifs is 4. The predicted octanol–water partition coefficient (Wildman–Crippen LogP) is 11.9. The lowest BCUT2D eigenvalue weighted by Crippen LogP contribution is -2.15. The number of hydrogen-bond acceptors (Lipinski definition) is 6. The topological polar surface area (TPSA) is 55.6 Å². The van der Waals surface area contributed by atoms with Crippen LogP contribution in [-0.4, -0.2) is 14.8 Å². The number of allylic oxidation sites excluding steroid dienone is 5. The fourth-order valence-electron chi connectivity index (χ4n) is 6.73. The summed E-state index contributed by atoms with van der Waals surface area (Å²) in [6, 6.07) is 51.0. The molecule has 6 aromatic carbocycles. The van der Waals surface area contributed by atoms with Crippen LogP contribution in [0.4, 0.5) is 28.4 Å². The second-order valence-electron chi connectivity index (χ2n) is 12.3. The maximum atomic E-state index is 6.24. The van der Waals surface area contributed by atoms with Gasteiger partial charge in [0.1, 0.15) is 0 Å². The molecule has 0 fully saturated rings. The van der Waals surface area contributed by atoms with Crippen molar-refractivity contribution in [3.63, 3.8) is 0 Å². The Morgan fingerprint density at radius 2 is 1.06 bits per heavy atom. The first-order valence-electron chi connectivity index (χ1n) is 17.2. The van der Waals surface area contributed by atoms with Gasteiger partial charge in [0, 0.05) is 28.7 Å². The molecule has 0 saturated heterocycles. The molecule has 0 atom stereocenters. The summed E-state index contributed by atoms with van der Waals surface area (Å²) < 4.78 is 14.6. The molecule has 0 bridgehead atoms. The lowest BCUT2D eigenvalue weighted by Gasteiger charge is -2.32. The summed E-state index contributed by atoms with van der Waals surface area (Å²) in [5.41, 5.74) is 7.76. The average molecular weight is 676 g/mol. The van der Waals surface area contributed by atoms with E-state index in [0.717, 1.165) is 79.9 Å². The van der Waals surface area contributed by atoms with Crippen molar-refractivity contribution < 1.29 is 9.47 Å². The van der Waals surface area contributed by atoms with Crippen LogP contribution in [0.2, 0.25) is 0 Å². The second-order valence-corrected chi connectivity index (χ2v) is 12.3. The van der Waals surface area contributed by atoms with E-state index in [1.165, 1.54) is 0 Å². The van der Waals surface area contributed by atoms with Crippen molar-refractivity contribution in [2.24, 2.45) is 0 Å². The Morgan fingerprint density at radius 3 is 1.63 bits per heavy atom. The molecule has 0 radical (unpaired) electrons. The van der Waals surface area contributed by atoms with Gasteiger partial charge in [0.25, 0.3) is 0 Å². The summed E-state index contributed by atoms with van der Waals surface area (Å²) in [4.78, 5) is 4.38. The van der Waals surface area contributed by atoms with E-state index in [0.29, 0.717) is 0 Å². The SMILES string of the molecule is C\C=C/C(=C\C=C\N1c2ccccc2Oc2ccccc21)c1nnc(-c2ccc(N3c4ccccc4Oc4ccccc43)cc2)n1-c1ccccc1. The van der Waals surface area contributed by atoms with Gasteiger partial charge in [-0.25, -0.2) is 0 Å². The van der Waals surface area contributed by atoms with Crippen molar-refractivity contribution in [2.75, 3.05) is 9.80 Å². The molecule has 0 N–H and O–H groups in total. The van der Waals surface area contributed by atoms with Crippen LogP contribution in [0.15, 0.2) is 182 Å². The molecule has 0 amide bonds. The lowest BCUT2D eigenvalue weighted by molar-refractivity contribution is 0.476. The molecular formula is C45H33N5O2. The highest BCUT2D eigenvalue weighted by Gasteiger charge is 2.26. The summed E-state index contributed by atoms with van der Waals surface area (Å²) in [7, 11) is 0. The highest BCUT2D eigenvalue weighted by Crippen LogP contribution is 2.50. The Balaban J connectivity index is 1.10. The molecule has 1 aromatic heterocycles. The highest BCUT2D eigenvalue weighted by atomic mass is 16.5. The van der Waals surface area contributed by atoms with E-state index < -0.39 is 0 Å². The van der Waals surface area contributed by atoms with Crippen LogP contribution in [-0.2, 0) is 0 Å². The molecular weight excluding hydrogens is 643 g/mol. The zero-order chi connectivity index (χ0) is 34.9. The predicted molar refractivity (Wildman–Crippen MR) is 209 cm³/mol. The van der Waals surface area contributed by atoms with E-state index >= 15 is 0 Å². The first kappa shape index (κ1) is 30.9. The molecule has 0 spiro atoms. The largest absolute Gasteiger partial charge is 0.453 e. The molecule has 0 saturated carbocycles. The molecule has 0 aliphatic carbocycles. The standard InChI is InChI=1S/C45H33N5O2/c1-2-15-32(16-14-31-48-36-19-6-10-23-40(36)51-41-24-11-7-20-37(41)48)44-46-47-45(50(44)34-17-4-3-5-18-34)33-27-29-35(30-28-33)49-38-21-8-12-25-42(38)52-43-26-13-9-22-39(43)49/h2-31H,1H3/b15-2-,31-14+,32-16+. The van der Waals surface area contributed by atoms with Gasteiger partial charge in [0.2, 0.25) is 0 Å². The molecule has 52 heavy (non-hydrogen) atoms. The van der Waals surface area contributed by atoms with Crippen LogP contribution in [0, 0.1) is 0 Å². The first-order valence-corrected chi connectivity index (χ1v) is 17.2. The van der Waals surface area contributed by atoms with E-state index in [-0.39, 0.29) is 0 Å². The zero-order valence-electron chi connectivity index (χ0n) is 28.4. The molecule has 250 valence electrons. The summed E-state index contributed by atoms with van der Waals surface area (Å²) in [5, 5.41) is 9.59. The summed E-state index contributed by atoms with van der Waals surface area (Å²) in [5.74, 6) is 4.73. The number of rotatable bonds is 7. The van der Waals surface area contributed by atoms with Crippen molar-refractivity contribution in [1.82, 2.24) is 14.8 Å². The Kier molecular flexibility index (Phi) is 7.91. The maximum absolute atomic E-state index is 6.24. The fourth-order valence-corrected chi connectivity index (χ4v) is 6.73. The smallest absolute Gasteiger partial charge is 0.168 e. The Bertz CT molecular complexity index is 2410. The van der Waals surface area contributed by atoms with E-state index in [9.17, 15) is 0 Å². The van der Waals surface area contributed by atoms with Gasteiger partial charge in [-0.1, -0.05) is 78.9 Å². The van der Waals surface area contributed by atoms with Crippen molar-refractivity contribution in [1.29, 1.82) is 0 Å². The monoisotopic (exact) mass is 675 g/mol. The van der Waals surface area contributed by atoms with Gasteiger partial charge < -0.3 is 19.3 Å². The molecule has 2 aliphatic rings. The Labute approximate surface area is 302 Å². The van der Waals surface area contributed by atoms with Crippen LogP contribution >= 0.6 is 0 Å². The average Bonchev–Trinajstić information content (AvgIpc) is 3.65. The van der Waals surface area contributed by atoms with Crippen molar-refractivity contribution in [2.45, 2.75) is 6.92 Å². The normalized spacial score (nSPS) is 13.3. The number of ether oxygens (including phenoxy) is 2. The van der Waals surface area contributed by atoms with Crippen molar-refractivity contribution >= 4 is 34.0 Å². The highest BCUT2D eigenvalue weighted by molar-refractivity contribution is 5.87. The minimum absolute atomic E-state index is 0.729.